The third kappa shape index (κ3) is 17.6. The summed E-state index contributed by atoms with van der Waals surface area (Å²) in [5, 5.41) is 53.0. The van der Waals surface area contributed by atoms with E-state index in [1.165, 1.54) is 89.9 Å². The Balaban J connectivity index is 1.57. The van der Waals surface area contributed by atoms with E-state index in [0.717, 1.165) is 64.2 Å². The standard InChI is InChI=1S/C38H72FNO7/c1-2-3-4-5-6-7-8-9-10-13-16-19-22-32(42)36(46)31(26-47-27-34(44)33(43)25-41)40-35(45)23-20-17-14-11-12-15-18-21-24-37-28-38(39,29-37)30-37/h31-34,36,41-44,46H,2-30H2,1H3,(H,40,45)/t31-,32+,33-,34-,36-,37?,38?/m0/s1. The van der Waals surface area contributed by atoms with Crippen LogP contribution < -0.4 is 5.32 Å². The van der Waals surface area contributed by atoms with Crippen molar-refractivity contribution in [2.45, 2.75) is 210 Å². The predicted molar refractivity (Wildman–Crippen MR) is 186 cm³/mol. The van der Waals surface area contributed by atoms with Crippen molar-refractivity contribution in [1.82, 2.24) is 5.32 Å². The number of aliphatic hydroxyl groups excluding tert-OH is 5. The molecule has 0 aromatic rings. The van der Waals surface area contributed by atoms with Crippen LogP contribution in [-0.4, -0.2) is 87.4 Å². The Labute approximate surface area is 285 Å². The van der Waals surface area contributed by atoms with Crippen LogP contribution in [0.4, 0.5) is 4.39 Å². The molecule has 9 heteroatoms. The summed E-state index contributed by atoms with van der Waals surface area (Å²) in [4.78, 5) is 12.7. The molecule has 0 aromatic heterocycles. The highest BCUT2D eigenvalue weighted by Gasteiger charge is 2.68. The second-order valence-electron chi connectivity index (χ2n) is 15.3. The molecule has 1 amide bonds. The number of hydrogen-bond donors (Lipinski definition) is 6. The number of unbranched alkanes of at least 4 members (excludes halogenated alkanes) is 18. The fraction of sp³-hybridized carbons (Fsp3) is 0.974. The second-order valence-corrected chi connectivity index (χ2v) is 15.3. The predicted octanol–water partition coefficient (Wildman–Crippen LogP) is 6.81. The van der Waals surface area contributed by atoms with Crippen molar-refractivity contribution in [2.24, 2.45) is 5.41 Å². The van der Waals surface area contributed by atoms with Gasteiger partial charge in [0, 0.05) is 6.42 Å². The minimum Gasteiger partial charge on any atom is -0.394 e. The summed E-state index contributed by atoms with van der Waals surface area (Å²) in [5.74, 6) is -0.213. The van der Waals surface area contributed by atoms with E-state index in [0.29, 0.717) is 18.3 Å². The lowest BCUT2D eigenvalue weighted by atomic mass is 9.41. The number of nitrogens with one attached hydrogen (secondary N) is 1. The number of halogens is 1. The number of hydrogen-bond acceptors (Lipinski definition) is 7. The molecule has 0 aliphatic heterocycles. The highest BCUT2D eigenvalue weighted by atomic mass is 19.1. The zero-order valence-electron chi connectivity index (χ0n) is 29.8. The Morgan fingerprint density at radius 3 is 1.68 bits per heavy atom. The van der Waals surface area contributed by atoms with Crippen LogP contribution in [0.25, 0.3) is 0 Å². The zero-order chi connectivity index (χ0) is 34.4. The molecule has 278 valence electrons. The third-order valence-corrected chi connectivity index (χ3v) is 10.7. The van der Waals surface area contributed by atoms with E-state index in [1.807, 2.05) is 0 Å². The van der Waals surface area contributed by atoms with Crippen molar-refractivity contribution in [1.29, 1.82) is 0 Å². The maximum Gasteiger partial charge on any atom is 0.220 e. The maximum absolute atomic E-state index is 13.6. The maximum atomic E-state index is 13.6. The topological polar surface area (TPSA) is 139 Å². The van der Waals surface area contributed by atoms with E-state index in [-0.39, 0.29) is 19.1 Å². The van der Waals surface area contributed by atoms with E-state index in [4.69, 9.17) is 9.84 Å². The van der Waals surface area contributed by atoms with Crippen LogP contribution in [0.15, 0.2) is 0 Å². The van der Waals surface area contributed by atoms with Crippen LogP contribution in [0.1, 0.15) is 174 Å². The molecule has 3 aliphatic carbocycles. The number of aliphatic hydroxyl groups is 5. The van der Waals surface area contributed by atoms with Crippen LogP contribution in [0.5, 0.6) is 0 Å². The van der Waals surface area contributed by atoms with Gasteiger partial charge < -0.3 is 35.6 Å². The van der Waals surface area contributed by atoms with Crippen LogP contribution in [0, 0.1) is 5.41 Å². The first-order valence-electron chi connectivity index (χ1n) is 19.5. The van der Waals surface area contributed by atoms with E-state index in [2.05, 4.69) is 12.2 Å². The van der Waals surface area contributed by atoms with Crippen molar-refractivity contribution in [3.63, 3.8) is 0 Å². The molecule has 3 saturated carbocycles. The Morgan fingerprint density at radius 1 is 0.681 bits per heavy atom. The van der Waals surface area contributed by atoms with Crippen LogP contribution in [0.3, 0.4) is 0 Å². The monoisotopic (exact) mass is 674 g/mol. The molecule has 3 rings (SSSR count). The zero-order valence-corrected chi connectivity index (χ0v) is 29.8. The summed E-state index contributed by atoms with van der Waals surface area (Å²) in [6, 6.07) is -0.853. The summed E-state index contributed by atoms with van der Waals surface area (Å²) in [6.07, 6.45) is 22.8. The number of ether oxygens (including phenoxy) is 1. The van der Waals surface area contributed by atoms with Gasteiger partial charge in [0.05, 0.1) is 32.0 Å². The first kappa shape index (κ1) is 42.3. The summed E-state index contributed by atoms with van der Waals surface area (Å²) >= 11 is 0. The first-order valence-corrected chi connectivity index (χ1v) is 19.5. The highest BCUT2D eigenvalue weighted by Crippen LogP contribution is 2.71. The van der Waals surface area contributed by atoms with Gasteiger partial charge in [0.25, 0.3) is 0 Å². The van der Waals surface area contributed by atoms with Crippen molar-refractivity contribution < 1.29 is 39.5 Å². The van der Waals surface area contributed by atoms with Crippen molar-refractivity contribution in [2.75, 3.05) is 19.8 Å². The molecule has 47 heavy (non-hydrogen) atoms. The Kier molecular flexibility index (Phi) is 21.9. The molecule has 8 nitrogen and oxygen atoms in total. The Morgan fingerprint density at radius 2 is 1.17 bits per heavy atom. The molecule has 5 atom stereocenters. The minimum atomic E-state index is -1.34. The van der Waals surface area contributed by atoms with Gasteiger partial charge in [-0.1, -0.05) is 129 Å². The van der Waals surface area contributed by atoms with Crippen molar-refractivity contribution >= 4 is 5.91 Å². The SMILES string of the molecule is CCCCCCCCCCCCCC[C@@H](O)[C@@H](O)[C@H](COC[C@H](O)[C@@H](O)CO)NC(=O)CCCCCCCCCCC12CC(F)(C1)C2. The number of carbonyl (C=O) groups excluding carboxylic acids is 1. The molecular formula is C38H72FNO7. The third-order valence-electron chi connectivity index (χ3n) is 10.7. The lowest BCUT2D eigenvalue weighted by Crippen LogP contribution is -2.64. The van der Waals surface area contributed by atoms with Crippen molar-refractivity contribution in [3.8, 4) is 0 Å². The van der Waals surface area contributed by atoms with E-state index in [1.54, 1.807) is 0 Å². The van der Waals surface area contributed by atoms with E-state index < -0.39 is 42.7 Å². The Bertz CT molecular complexity index is 782. The number of carbonyl (C=O) groups is 1. The molecule has 0 heterocycles. The van der Waals surface area contributed by atoms with Gasteiger partial charge in [0.2, 0.25) is 5.91 Å². The molecule has 3 fully saturated rings. The van der Waals surface area contributed by atoms with E-state index >= 15 is 0 Å². The van der Waals surface area contributed by atoms with Crippen molar-refractivity contribution in [3.05, 3.63) is 0 Å². The average Bonchev–Trinajstić information content (AvgIpc) is 3.03. The van der Waals surface area contributed by atoms with Gasteiger partial charge in [-0.15, -0.1) is 0 Å². The molecule has 0 saturated heterocycles. The molecular weight excluding hydrogens is 601 g/mol. The molecule has 0 unspecified atom stereocenters. The second kappa shape index (κ2) is 24.3. The van der Waals surface area contributed by atoms with E-state index in [9.17, 15) is 29.6 Å². The largest absolute Gasteiger partial charge is 0.394 e. The fourth-order valence-electron chi connectivity index (χ4n) is 7.66. The quantitative estimate of drug-likeness (QED) is 0.0421. The Hall–Kier alpha value is -0.840. The molecule has 2 bridgehead atoms. The average molecular weight is 674 g/mol. The molecule has 0 radical (unpaired) electrons. The smallest absolute Gasteiger partial charge is 0.220 e. The molecule has 0 spiro atoms. The van der Waals surface area contributed by atoms with Gasteiger partial charge in [-0.3, -0.25) is 4.79 Å². The first-order chi connectivity index (χ1) is 22.6. The molecule has 0 aromatic carbocycles. The molecule has 6 N–H and O–H groups in total. The number of amides is 1. The normalized spacial score (nSPS) is 23.4. The van der Waals surface area contributed by atoms with Gasteiger partial charge in [-0.05, 0) is 43.9 Å². The number of rotatable bonds is 33. The van der Waals surface area contributed by atoms with Gasteiger partial charge >= 0.3 is 0 Å². The summed E-state index contributed by atoms with van der Waals surface area (Å²) in [7, 11) is 0. The van der Waals surface area contributed by atoms with Gasteiger partial charge in [0.1, 0.15) is 24.0 Å². The summed E-state index contributed by atoms with van der Waals surface area (Å²) in [6.45, 7) is 1.24. The lowest BCUT2D eigenvalue weighted by Gasteiger charge is -2.66. The minimum absolute atomic E-state index is 0.132. The van der Waals surface area contributed by atoms with Crippen LogP contribution >= 0.6 is 0 Å². The lowest BCUT2D eigenvalue weighted by molar-refractivity contribution is -0.217. The van der Waals surface area contributed by atoms with Crippen LogP contribution in [-0.2, 0) is 9.53 Å². The van der Waals surface area contributed by atoms with Gasteiger partial charge in [0.15, 0.2) is 0 Å². The number of alkyl halides is 1. The van der Waals surface area contributed by atoms with Crippen LogP contribution in [0.2, 0.25) is 0 Å². The fourth-order valence-corrected chi connectivity index (χ4v) is 7.66. The van der Waals surface area contributed by atoms with Gasteiger partial charge in [-0.2, -0.15) is 0 Å². The van der Waals surface area contributed by atoms with Gasteiger partial charge in [-0.25, -0.2) is 4.39 Å². The molecule has 3 aliphatic rings. The summed E-state index contributed by atoms with van der Waals surface area (Å²) < 4.78 is 19.1. The highest BCUT2D eigenvalue weighted by molar-refractivity contribution is 5.76. The summed E-state index contributed by atoms with van der Waals surface area (Å²) in [5.41, 5.74) is -0.419.